The van der Waals surface area contributed by atoms with E-state index in [9.17, 15) is 23.5 Å². The summed E-state index contributed by atoms with van der Waals surface area (Å²) in [6, 6.07) is 7.94. The molecule has 1 aromatic carbocycles. The van der Waals surface area contributed by atoms with Gasteiger partial charge in [-0.3, -0.25) is 4.79 Å². The molecule has 1 aromatic rings. The van der Waals surface area contributed by atoms with Crippen molar-refractivity contribution in [1.82, 2.24) is 0 Å². The van der Waals surface area contributed by atoms with E-state index in [1.165, 1.54) is 12.1 Å². The first kappa shape index (κ1) is 17.3. The number of carbonyl (C=O) groups is 2. The summed E-state index contributed by atoms with van der Waals surface area (Å²) >= 11 is 0. The molecule has 126 valence electrons. The maximum atomic E-state index is 13.3. The first-order valence-electron chi connectivity index (χ1n) is 6.87. The number of aliphatic hydroxyl groups is 1. The molecular formula is C15H16F2O6. The van der Waals surface area contributed by atoms with Crippen LogP contribution in [0.1, 0.15) is 17.3 Å². The van der Waals surface area contributed by atoms with Crippen molar-refractivity contribution in [3.8, 4) is 0 Å². The van der Waals surface area contributed by atoms with Gasteiger partial charge in [-0.05, 0) is 12.1 Å². The van der Waals surface area contributed by atoms with Crippen LogP contribution in [-0.4, -0.2) is 54.5 Å². The van der Waals surface area contributed by atoms with Gasteiger partial charge >= 0.3 is 11.9 Å². The molecule has 0 amide bonds. The first-order valence-corrected chi connectivity index (χ1v) is 6.87. The minimum atomic E-state index is -3.24. The molecule has 0 radical (unpaired) electrons. The Kier molecular flexibility index (Phi) is 5.27. The molecule has 1 fully saturated rings. The molecule has 1 heterocycles. The topological polar surface area (TPSA) is 82.1 Å². The van der Waals surface area contributed by atoms with E-state index < -0.39 is 49.4 Å². The number of hydrogen-bond donors (Lipinski definition) is 1. The second kappa shape index (κ2) is 7.01. The Morgan fingerprint density at radius 3 is 2.61 bits per heavy atom. The number of carbonyl (C=O) groups excluding carboxylic acids is 2. The van der Waals surface area contributed by atoms with Gasteiger partial charge in [0.25, 0.3) is 6.43 Å². The molecule has 0 spiro atoms. The van der Waals surface area contributed by atoms with Crippen LogP contribution in [0.4, 0.5) is 8.78 Å². The third-order valence-electron chi connectivity index (χ3n) is 3.51. The number of esters is 2. The zero-order valence-corrected chi connectivity index (χ0v) is 12.3. The summed E-state index contributed by atoms with van der Waals surface area (Å²) in [7, 11) is 0. The van der Waals surface area contributed by atoms with Crippen LogP contribution in [0.25, 0.3) is 0 Å². The number of halogens is 2. The van der Waals surface area contributed by atoms with E-state index >= 15 is 0 Å². The quantitative estimate of drug-likeness (QED) is 0.816. The number of hydrogen-bond acceptors (Lipinski definition) is 6. The highest BCUT2D eigenvalue weighted by Crippen LogP contribution is 2.34. The number of alkyl halides is 2. The lowest BCUT2D eigenvalue weighted by molar-refractivity contribution is -0.190. The Balaban J connectivity index is 2.04. The van der Waals surface area contributed by atoms with Crippen LogP contribution in [0.3, 0.4) is 0 Å². The predicted octanol–water partition coefficient (Wildman–Crippen LogP) is 1.17. The molecule has 1 N–H and O–H groups in total. The molecule has 1 saturated heterocycles. The lowest BCUT2D eigenvalue weighted by atomic mass is 9.93. The van der Waals surface area contributed by atoms with Gasteiger partial charge in [-0.25, -0.2) is 13.6 Å². The van der Waals surface area contributed by atoms with Crippen molar-refractivity contribution in [3.05, 3.63) is 35.9 Å². The van der Waals surface area contributed by atoms with Crippen LogP contribution in [0.15, 0.2) is 30.3 Å². The largest absolute Gasteiger partial charge is 0.459 e. The third-order valence-corrected chi connectivity index (χ3v) is 3.51. The Labute approximate surface area is 130 Å². The van der Waals surface area contributed by atoms with Crippen molar-refractivity contribution in [1.29, 1.82) is 0 Å². The van der Waals surface area contributed by atoms with Crippen LogP contribution < -0.4 is 0 Å². The lowest BCUT2D eigenvalue weighted by Crippen LogP contribution is -2.56. The van der Waals surface area contributed by atoms with Gasteiger partial charge < -0.3 is 19.3 Å². The fourth-order valence-corrected chi connectivity index (χ4v) is 2.28. The summed E-state index contributed by atoms with van der Waals surface area (Å²) in [5.41, 5.74) is -2.49. The maximum Gasteiger partial charge on any atom is 0.338 e. The second-order valence-corrected chi connectivity index (χ2v) is 5.07. The van der Waals surface area contributed by atoms with Crippen molar-refractivity contribution in [2.24, 2.45) is 0 Å². The summed E-state index contributed by atoms with van der Waals surface area (Å²) < 4.78 is 41.2. The summed E-state index contributed by atoms with van der Waals surface area (Å²) in [4.78, 5) is 22.8. The molecule has 0 bridgehead atoms. The van der Waals surface area contributed by atoms with E-state index in [2.05, 4.69) is 4.74 Å². The van der Waals surface area contributed by atoms with Gasteiger partial charge in [-0.2, -0.15) is 0 Å². The van der Waals surface area contributed by atoms with Crippen LogP contribution in [0, 0.1) is 0 Å². The smallest absolute Gasteiger partial charge is 0.338 e. The average molecular weight is 330 g/mol. The number of rotatable bonds is 5. The second-order valence-electron chi connectivity index (χ2n) is 5.07. The molecule has 0 saturated carbocycles. The van der Waals surface area contributed by atoms with E-state index in [1.807, 2.05) is 0 Å². The van der Waals surface area contributed by atoms with Crippen LogP contribution in [0.2, 0.25) is 0 Å². The first-order chi connectivity index (χ1) is 10.9. The Bertz CT molecular complexity index is 564. The fourth-order valence-electron chi connectivity index (χ4n) is 2.28. The maximum absolute atomic E-state index is 13.3. The molecule has 1 aliphatic heterocycles. The van der Waals surface area contributed by atoms with Crippen molar-refractivity contribution in [2.45, 2.75) is 31.2 Å². The zero-order valence-electron chi connectivity index (χ0n) is 12.3. The van der Waals surface area contributed by atoms with E-state index in [1.54, 1.807) is 18.2 Å². The molecule has 2 rings (SSSR count). The van der Waals surface area contributed by atoms with Gasteiger partial charge in [-0.15, -0.1) is 0 Å². The average Bonchev–Trinajstić information content (AvgIpc) is 2.83. The predicted molar refractivity (Wildman–Crippen MR) is 73.0 cm³/mol. The minimum absolute atomic E-state index is 0.239. The molecular weight excluding hydrogens is 314 g/mol. The molecule has 6 nitrogen and oxygen atoms in total. The standard InChI is InChI=1S/C15H16F2O6/c1-9(18)23-12-8-21-11(15(12,20)14(16)17)7-22-13(19)10-5-3-2-4-6-10/h2-6,11-12,14,20H,7-8H2,1H3/t11-,12+,15-/m1/s1. The summed E-state index contributed by atoms with van der Waals surface area (Å²) in [5, 5.41) is 10.2. The summed E-state index contributed by atoms with van der Waals surface area (Å²) in [5.74, 6) is -1.55. The highest BCUT2D eigenvalue weighted by Gasteiger charge is 2.59. The van der Waals surface area contributed by atoms with Crippen molar-refractivity contribution >= 4 is 11.9 Å². The molecule has 0 aromatic heterocycles. The van der Waals surface area contributed by atoms with Gasteiger partial charge in [-0.1, -0.05) is 18.2 Å². The molecule has 0 aliphatic carbocycles. The Hall–Kier alpha value is -2.06. The van der Waals surface area contributed by atoms with E-state index in [0.717, 1.165) is 6.92 Å². The molecule has 1 aliphatic rings. The van der Waals surface area contributed by atoms with Crippen molar-refractivity contribution < 1.29 is 37.7 Å². The normalized spacial score (nSPS) is 27.0. The van der Waals surface area contributed by atoms with E-state index in [0.29, 0.717) is 0 Å². The van der Waals surface area contributed by atoms with Gasteiger partial charge in [0.05, 0.1) is 12.2 Å². The van der Waals surface area contributed by atoms with Crippen LogP contribution in [-0.2, 0) is 19.0 Å². The van der Waals surface area contributed by atoms with E-state index in [4.69, 9.17) is 9.47 Å². The summed E-state index contributed by atoms with van der Waals surface area (Å²) in [6.07, 6.45) is -6.27. The molecule has 3 atom stereocenters. The van der Waals surface area contributed by atoms with Crippen molar-refractivity contribution in [2.75, 3.05) is 13.2 Å². The zero-order chi connectivity index (χ0) is 17.0. The Morgan fingerprint density at radius 1 is 1.39 bits per heavy atom. The number of benzene rings is 1. The SMILES string of the molecule is CC(=O)O[C@H]1CO[C@H](COC(=O)c2ccccc2)[C@]1(O)C(F)F. The van der Waals surface area contributed by atoms with E-state index in [-0.39, 0.29) is 5.56 Å². The molecule has 23 heavy (non-hydrogen) atoms. The van der Waals surface area contributed by atoms with Crippen LogP contribution >= 0.6 is 0 Å². The van der Waals surface area contributed by atoms with Gasteiger partial charge in [0.2, 0.25) is 0 Å². The van der Waals surface area contributed by atoms with Crippen LogP contribution in [0.5, 0.6) is 0 Å². The minimum Gasteiger partial charge on any atom is -0.459 e. The molecule has 8 heteroatoms. The van der Waals surface area contributed by atoms with Gasteiger partial charge in [0, 0.05) is 6.92 Å². The van der Waals surface area contributed by atoms with Gasteiger partial charge in [0.15, 0.2) is 11.7 Å². The fraction of sp³-hybridized carbons (Fsp3) is 0.467. The highest BCUT2D eigenvalue weighted by molar-refractivity contribution is 5.89. The van der Waals surface area contributed by atoms with Crippen molar-refractivity contribution in [3.63, 3.8) is 0 Å². The Morgan fingerprint density at radius 2 is 2.04 bits per heavy atom. The highest BCUT2D eigenvalue weighted by atomic mass is 19.3. The monoisotopic (exact) mass is 330 g/mol. The lowest BCUT2D eigenvalue weighted by Gasteiger charge is -2.31. The molecule has 0 unspecified atom stereocenters. The third kappa shape index (κ3) is 3.65. The van der Waals surface area contributed by atoms with Gasteiger partial charge in [0.1, 0.15) is 12.7 Å². The summed E-state index contributed by atoms with van der Waals surface area (Å²) in [6.45, 7) is 0.0367. The number of ether oxygens (including phenoxy) is 3.